The van der Waals surface area contributed by atoms with Crippen molar-refractivity contribution >= 4 is 5.91 Å². The van der Waals surface area contributed by atoms with Gasteiger partial charge >= 0.3 is 0 Å². The Labute approximate surface area is 105 Å². The molecule has 3 nitrogen and oxygen atoms in total. The van der Waals surface area contributed by atoms with E-state index in [-0.39, 0.29) is 11.8 Å². The molecule has 0 atom stereocenters. The summed E-state index contributed by atoms with van der Waals surface area (Å²) in [5.41, 5.74) is 2.32. The highest BCUT2D eigenvalue weighted by Crippen LogP contribution is 2.20. The van der Waals surface area contributed by atoms with Gasteiger partial charge < -0.3 is 0 Å². The SMILES string of the molecule is NNC(=O)C1CCCCCCCCCCCC1. The van der Waals surface area contributed by atoms with Crippen LogP contribution in [-0.2, 0) is 4.79 Å². The first-order chi connectivity index (χ1) is 8.34. The number of carbonyl (C=O) groups is 1. The Morgan fingerprint density at radius 2 is 1.12 bits per heavy atom. The van der Waals surface area contributed by atoms with E-state index in [1.54, 1.807) is 0 Å². The summed E-state index contributed by atoms with van der Waals surface area (Å²) in [5.74, 6) is 5.44. The first kappa shape index (κ1) is 14.5. The first-order valence-electron chi connectivity index (χ1n) is 7.35. The second-order valence-electron chi connectivity index (χ2n) is 5.32. The monoisotopic (exact) mass is 240 g/mol. The Kier molecular flexibility index (Phi) is 8.06. The maximum absolute atomic E-state index is 11.6. The summed E-state index contributed by atoms with van der Waals surface area (Å²) in [5, 5.41) is 0. The molecule has 1 saturated carbocycles. The average molecular weight is 240 g/mol. The molecule has 17 heavy (non-hydrogen) atoms. The van der Waals surface area contributed by atoms with Gasteiger partial charge in [0.05, 0.1) is 0 Å². The quantitative estimate of drug-likeness (QED) is 0.420. The zero-order chi connectivity index (χ0) is 12.3. The van der Waals surface area contributed by atoms with Crippen molar-refractivity contribution in [3.8, 4) is 0 Å². The van der Waals surface area contributed by atoms with E-state index in [0.29, 0.717) is 0 Å². The molecule has 0 unspecified atom stereocenters. The molecular weight excluding hydrogens is 212 g/mol. The molecule has 0 aromatic rings. The van der Waals surface area contributed by atoms with Crippen molar-refractivity contribution in [1.82, 2.24) is 5.43 Å². The Morgan fingerprint density at radius 1 is 0.765 bits per heavy atom. The van der Waals surface area contributed by atoms with Crippen LogP contribution in [0.3, 0.4) is 0 Å². The Hall–Kier alpha value is -0.570. The van der Waals surface area contributed by atoms with E-state index >= 15 is 0 Å². The van der Waals surface area contributed by atoms with Crippen LogP contribution < -0.4 is 11.3 Å². The van der Waals surface area contributed by atoms with Crippen molar-refractivity contribution in [2.75, 3.05) is 0 Å². The number of nitrogens with one attached hydrogen (secondary N) is 1. The molecule has 1 aliphatic rings. The molecule has 3 N–H and O–H groups in total. The molecule has 0 aromatic heterocycles. The molecule has 1 aliphatic carbocycles. The van der Waals surface area contributed by atoms with Gasteiger partial charge in [-0.2, -0.15) is 0 Å². The maximum atomic E-state index is 11.6. The van der Waals surface area contributed by atoms with E-state index in [4.69, 9.17) is 5.84 Å². The molecule has 0 aliphatic heterocycles. The second-order valence-corrected chi connectivity index (χ2v) is 5.32. The number of amides is 1. The second kappa shape index (κ2) is 9.46. The summed E-state index contributed by atoms with van der Waals surface area (Å²) >= 11 is 0. The van der Waals surface area contributed by atoms with E-state index in [1.165, 1.54) is 64.2 Å². The van der Waals surface area contributed by atoms with E-state index in [1.807, 2.05) is 0 Å². The highest BCUT2D eigenvalue weighted by atomic mass is 16.2. The first-order valence-corrected chi connectivity index (χ1v) is 7.35. The summed E-state index contributed by atoms with van der Waals surface area (Å²) in [6, 6.07) is 0. The fourth-order valence-corrected chi connectivity index (χ4v) is 2.72. The molecule has 1 rings (SSSR count). The molecular formula is C14H28N2O. The van der Waals surface area contributed by atoms with Gasteiger partial charge in [0, 0.05) is 5.92 Å². The van der Waals surface area contributed by atoms with Crippen LogP contribution in [0.25, 0.3) is 0 Å². The van der Waals surface area contributed by atoms with Gasteiger partial charge in [-0.1, -0.05) is 64.2 Å². The Balaban J connectivity index is 2.33. The van der Waals surface area contributed by atoms with Gasteiger partial charge in [0.2, 0.25) is 5.91 Å². The van der Waals surface area contributed by atoms with Gasteiger partial charge in [0.15, 0.2) is 0 Å². The van der Waals surface area contributed by atoms with Crippen molar-refractivity contribution in [2.24, 2.45) is 11.8 Å². The summed E-state index contributed by atoms with van der Waals surface area (Å²) < 4.78 is 0. The fourth-order valence-electron chi connectivity index (χ4n) is 2.72. The predicted molar refractivity (Wildman–Crippen MR) is 71.2 cm³/mol. The minimum absolute atomic E-state index is 0.0415. The van der Waals surface area contributed by atoms with Crippen LogP contribution in [-0.4, -0.2) is 5.91 Å². The van der Waals surface area contributed by atoms with Crippen molar-refractivity contribution in [3.05, 3.63) is 0 Å². The minimum Gasteiger partial charge on any atom is -0.294 e. The third kappa shape index (κ3) is 6.67. The molecule has 1 fully saturated rings. The number of rotatable bonds is 1. The van der Waals surface area contributed by atoms with Crippen LogP contribution in [0.15, 0.2) is 0 Å². The van der Waals surface area contributed by atoms with Crippen molar-refractivity contribution < 1.29 is 4.79 Å². The standard InChI is InChI=1S/C14H28N2O/c15-16-14(17)13-11-9-7-5-3-1-2-4-6-8-10-12-13/h13H,1-12,15H2,(H,16,17). The third-order valence-corrected chi connectivity index (χ3v) is 3.87. The van der Waals surface area contributed by atoms with E-state index in [2.05, 4.69) is 5.43 Å². The molecule has 0 aromatic carbocycles. The van der Waals surface area contributed by atoms with E-state index in [9.17, 15) is 4.79 Å². The van der Waals surface area contributed by atoms with Gasteiger partial charge in [-0.3, -0.25) is 10.2 Å². The molecule has 0 saturated heterocycles. The summed E-state index contributed by atoms with van der Waals surface area (Å²) in [6.07, 6.45) is 15.1. The highest BCUT2D eigenvalue weighted by Gasteiger charge is 2.16. The average Bonchev–Trinajstić information content (AvgIpc) is 2.38. The van der Waals surface area contributed by atoms with Crippen LogP contribution in [0.4, 0.5) is 0 Å². The smallest absolute Gasteiger partial charge is 0.236 e. The van der Waals surface area contributed by atoms with E-state index in [0.717, 1.165) is 12.8 Å². The highest BCUT2D eigenvalue weighted by molar-refractivity contribution is 5.77. The Bertz CT molecular complexity index is 192. The molecule has 3 heteroatoms. The van der Waals surface area contributed by atoms with Gasteiger partial charge in [-0.05, 0) is 12.8 Å². The van der Waals surface area contributed by atoms with Gasteiger partial charge in [0.1, 0.15) is 0 Å². The summed E-state index contributed by atoms with van der Waals surface area (Å²) in [4.78, 5) is 11.6. The van der Waals surface area contributed by atoms with Crippen LogP contribution in [0.1, 0.15) is 77.0 Å². The van der Waals surface area contributed by atoms with Gasteiger partial charge in [-0.15, -0.1) is 0 Å². The third-order valence-electron chi connectivity index (χ3n) is 3.87. The molecule has 0 bridgehead atoms. The minimum atomic E-state index is 0.0415. The van der Waals surface area contributed by atoms with Crippen LogP contribution in [0.5, 0.6) is 0 Å². The largest absolute Gasteiger partial charge is 0.294 e. The summed E-state index contributed by atoms with van der Waals surface area (Å²) in [6.45, 7) is 0. The maximum Gasteiger partial charge on any atom is 0.236 e. The normalized spacial score (nSPS) is 21.9. The number of hydrogen-bond acceptors (Lipinski definition) is 2. The van der Waals surface area contributed by atoms with Crippen LogP contribution in [0.2, 0.25) is 0 Å². The van der Waals surface area contributed by atoms with Crippen LogP contribution >= 0.6 is 0 Å². The lowest BCUT2D eigenvalue weighted by molar-refractivity contribution is -0.125. The zero-order valence-electron chi connectivity index (χ0n) is 11.0. The number of hydrogen-bond donors (Lipinski definition) is 2. The number of hydrazine groups is 1. The fraction of sp³-hybridized carbons (Fsp3) is 0.929. The van der Waals surface area contributed by atoms with Gasteiger partial charge in [-0.25, -0.2) is 5.84 Å². The Morgan fingerprint density at radius 3 is 1.47 bits per heavy atom. The van der Waals surface area contributed by atoms with Crippen molar-refractivity contribution in [3.63, 3.8) is 0 Å². The predicted octanol–water partition coefficient (Wildman–Crippen LogP) is 3.29. The van der Waals surface area contributed by atoms with Crippen molar-refractivity contribution in [2.45, 2.75) is 77.0 Å². The van der Waals surface area contributed by atoms with Gasteiger partial charge in [0.25, 0.3) is 0 Å². The number of nitrogens with two attached hydrogens (primary N) is 1. The molecule has 1 amide bonds. The van der Waals surface area contributed by atoms with E-state index < -0.39 is 0 Å². The lowest BCUT2D eigenvalue weighted by Gasteiger charge is -2.14. The molecule has 0 spiro atoms. The molecule has 100 valence electrons. The number of carbonyl (C=O) groups excluding carboxylic acids is 1. The van der Waals surface area contributed by atoms with Crippen LogP contribution in [0, 0.1) is 5.92 Å². The topological polar surface area (TPSA) is 55.1 Å². The molecule has 0 radical (unpaired) electrons. The lowest BCUT2D eigenvalue weighted by atomic mass is 9.94. The lowest BCUT2D eigenvalue weighted by Crippen LogP contribution is -2.35. The molecule has 0 heterocycles. The zero-order valence-corrected chi connectivity index (χ0v) is 11.0. The van der Waals surface area contributed by atoms with Crippen molar-refractivity contribution in [1.29, 1.82) is 0 Å². The summed E-state index contributed by atoms with van der Waals surface area (Å²) in [7, 11) is 0.